The van der Waals surface area contributed by atoms with E-state index < -0.39 is 0 Å². The number of aromatic nitrogens is 2. The van der Waals surface area contributed by atoms with E-state index in [1.807, 2.05) is 32.3 Å². The van der Waals surface area contributed by atoms with Crippen LogP contribution < -0.4 is 14.8 Å². The lowest BCUT2D eigenvalue weighted by molar-refractivity contribution is 0.286. The van der Waals surface area contributed by atoms with Crippen molar-refractivity contribution in [2.24, 2.45) is 7.05 Å². The van der Waals surface area contributed by atoms with Crippen molar-refractivity contribution < 1.29 is 9.47 Å². The maximum Gasteiger partial charge on any atom is 0.147 e. The first-order valence-electron chi connectivity index (χ1n) is 6.26. The first-order chi connectivity index (χ1) is 9.65. The van der Waals surface area contributed by atoms with Crippen LogP contribution in [0, 0.1) is 0 Å². The van der Waals surface area contributed by atoms with Crippen molar-refractivity contribution in [3.05, 3.63) is 40.9 Å². The summed E-state index contributed by atoms with van der Waals surface area (Å²) >= 11 is 5.95. The zero-order valence-electron chi connectivity index (χ0n) is 11.8. The number of rotatable bonds is 6. The number of imidazole rings is 1. The average Bonchev–Trinajstić information content (AvgIpc) is 2.78. The molecule has 108 valence electrons. The normalized spacial score (nSPS) is 10.6. The minimum Gasteiger partial charge on any atom is -0.497 e. The van der Waals surface area contributed by atoms with Crippen molar-refractivity contribution >= 4 is 11.6 Å². The van der Waals surface area contributed by atoms with Crippen LogP contribution in [-0.2, 0) is 20.2 Å². The summed E-state index contributed by atoms with van der Waals surface area (Å²) in [6.45, 7) is 1.08. The summed E-state index contributed by atoms with van der Waals surface area (Å²) in [5, 5.41) is 3.70. The number of hydrogen-bond acceptors (Lipinski definition) is 4. The van der Waals surface area contributed by atoms with Crippen molar-refractivity contribution in [1.29, 1.82) is 0 Å². The standard InChI is InChI=1S/C14H18ClN3O2/c1-16-7-10-4-5-11(19-3)6-12(10)20-9-14-17-8-13(15)18(14)2/h4-6,8,16H,7,9H2,1-3H3. The van der Waals surface area contributed by atoms with Crippen molar-refractivity contribution in [2.75, 3.05) is 14.2 Å². The molecule has 20 heavy (non-hydrogen) atoms. The van der Waals surface area contributed by atoms with Gasteiger partial charge in [0.15, 0.2) is 0 Å². The third kappa shape index (κ3) is 3.23. The summed E-state index contributed by atoms with van der Waals surface area (Å²) < 4.78 is 12.9. The number of nitrogens with zero attached hydrogens (tertiary/aromatic N) is 2. The fourth-order valence-corrected chi connectivity index (χ4v) is 1.98. The summed E-state index contributed by atoms with van der Waals surface area (Å²) in [5.74, 6) is 2.31. The van der Waals surface area contributed by atoms with Crippen LogP contribution in [0.25, 0.3) is 0 Å². The van der Waals surface area contributed by atoms with Crippen LogP contribution in [0.3, 0.4) is 0 Å². The second kappa shape index (κ2) is 6.63. The molecule has 0 amide bonds. The molecule has 0 unspecified atom stereocenters. The van der Waals surface area contributed by atoms with Gasteiger partial charge in [-0.25, -0.2) is 4.98 Å². The second-order valence-electron chi connectivity index (χ2n) is 4.35. The number of benzene rings is 1. The molecule has 0 spiro atoms. The van der Waals surface area contributed by atoms with E-state index in [1.54, 1.807) is 17.9 Å². The average molecular weight is 296 g/mol. The predicted molar refractivity (Wildman–Crippen MR) is 78.3 cm³/mol. The Morgan fingerprint density at radius 1 is 1.40 bits per heavy atom. The molecule has 2 aromatic rings. The molecule has 5 nitrogen and oxygen atoms in total. The fraction of sp³-hybridized carbons (Fsp3) is 0.357. The summed E-state index contributed by atoms with van der Waals surface area (Å²) in [4.78, 5) is 4.21. The summed E-state index contributed by atoms with van der Waals surface area (Å²) in [6.07, 6.45) is 1.61. The van der Waals surface area contributed by atoms with E-state index in [1.165, 1.54) is 0 Å². The van der Waals surface area contributed by atoms with Crippen LogP contribution in [0.2, 0.25) is 5.15 Å². The van der Waals surface area contributed by atoms with Gasteiger partial charge in [0.05, 0.1) is 13.3 Å². The first kappa shape index (κ1) is 14.7. The van der Waals surface area contributed by atoms with Crippen LogP contribution >= 0.6 is 11.6 Å². The Kier molecular flexibility index (Phi) is 4.87. The van der Waals surface area contributed by atoms with E-state index in [9.17, 15) is 0 Å². The number of nitrogens with one attached hydrogen (secondary N) is 1. The van der Waals surface area contributed by atoms with Crippen molar-refractivity contribution in [2.45, 2.75) is 13.2 Å². The molecule has 0 aliphatic rings. The highest BCUT2D eigenvalue weighted by molar-refractivity contribution is 6.29. The lowest BCUT2D eigenvalue weighted by Crippen LogP contribution is -2.09. The maximum atomic E-state index is 5.95. The van der Waals surface area contributed by atoms with Gasteiger partial charge in [-0.15, -0.1) is 0 Å². The summed E-state index contributed by atoms with van der Waals surface area (Å²) in [7, 11) is 5.38. The molecule has 0 fully saturated rings. The topological polar surface area (TPSA) is 48.3 Å². The van der Waals surface area contributed by atoms with Gasteiger partial charge in [0.1, 0.15) is 29.1 Å². The molecule has 1 N–H and O–H groups in total. The largest absolute Gasteiger partial charge is 0.497 e. The Morgan fingerprint density at radius 3 is 2.80 bits per heavy atom. The highest BCUT2D eigenvalue weighted by atomic mass is 35.5. The van der Waals surface area contributed by atoms with Gasteiger partial charge in [0, 0.05) is 25.2 Å². The van der Waals surface area contributed by atoms with Crippen LogP contribution in [0.1, 0.15) is 11.4 Å². The Balaban J connectivity index is 2.16. The van der Waals surface area contributed by atoms with Gasteiger partial charge in [-0.3, -0.25) is 0 Å². The van der Waals surface area contributed by atoms with E-state index in [0.29, 0.717) is 11.8 Å². The molecule has 1 aromatic carbocycles. The Bertz CT molecular complexity index is 584. The molecule has 1 heterocycles. The summed E-state index contributed by atoms with van der Waals surface area (Å²) in [5.41, 5.74) is 1.06. The minimum atomic E-state index is 0.354. The zero-order chi connectivity index (χ0) is 14.5. The van der Waals surface area contributed by atoms with Crippen molar-refractivity contribution in [3.8, 4) is 11.5 Å². The fourth-order valence-electron chi connectivity index (χ4n) is 1.83. The highest BCUT2D eigenvalue weighted by Gasteiger charge is 2.09. The van der Waals surface area contributed by atoms with Gasteiger partial charge in [-0.05, 0) is 13.1 Å². The van der Waals surface area contributed by atoms with E-state index in [0.717, 1.165) is 29.4 Å². The zero-order valence-corrected chi connectivity index (χ0v) is 12.6. The monoisotopic (exact) mass is 295 g/mol. The molecule has 2 rings (SSSR count). The Labute approximate surface area is 123 Å². The van der Waals surface area contributed by atoms with Gasteiger partial charge in [-0.2, -0.15) is 0 Å². The number of methoxy groups -OCH3 is 1. The third-order valence-electron chi connectivity index (χ3n) is 3.03. The first-order valence-corrected chi connectivity index (χ1v) is 6.64. The molecule has 1 aromatic heterocycles. The molecule has 0 radical (unpaired) electrons. The molecule has 6 heteroatoms. The van der Waals surface area contributed by atoms with E-state index in [-0.39, 0.29) is 0 Å². The highest BCUT2D eigenvalue weighted by Crippen LogP contribution is 2.25. The van der Waals surface area contributed by atoms with Gasteiger partial charge < -0.3 is 19.4 Å². The molecular formula is C14H18ClN3O2. The van der Waals surface area contributed by atoms with Gasteiger partial charge in [0.2, 0.25) is 0 Å². The molecular weight excluding hydrogens is 278 g/mol. The van der Waals surface area contributed by atoms with Gasteiger partial charge in [0.25, 0.3) is 0 Å². The molecule has 0 saturated carbocycles. The predicted octanol–water partition coefficient (Wildman–Crippen LogP) is 2.38. The smallest absolute Gasteiger partial charge is 0.147 e. The number of hydrogen-bond donors (Lipinski definition) is 1. The van der Waals surface area contributed by atoms with E-state index >= 15 is 0 Å². The Hall–Kier alpha value is -1.72. The molecule has 0 bridgehead atoms. The molecule has 0 aliphatic heterocycles. The van der Waals surface area contributed by atoms with Crippen molar-refractivity contribution in [1.82, 2.24) is 14.9 Å². The second-order valence-corrected chi connectivity index (χ2v) is 4.74. The lowest BCUT2D eigenvalue weighted by Gasteiger charge is -2.13. The summed E-state index contributed by atoms with van der Waals surface area (Å²) in [6, 6.07) is 5.77. The van der Waals surface area contributed by atoms with E-state index in [4.69, 9.17) is 21.1 Å². The van der Waals surface area contributed by atoms with Gasteiger partial charge >= 0.3 is 0 Å². The Morgan fingerprint density at radius 2 is 2.20 bits per heavy atom. The molecule has 0 aliphatic carbocycles. The number of halogens is 1. The van der Waals surface area contributed by atoms with Gasteiger partial charge in [-0.1, -0.05) is 17.7 Å². The van der Waals surface area contributed by atoms with Crippen LogP contribution in [0.15, 0.2) is 24.4 Å². The minimum absolute atomic E-state index is 0.354. The number of ether oxygens (including phenoxy) is 2. The van der Waals surface area contributed by atoms with Crippen LogP contribution in [-0.4, -0.2) is 23.7 Å². The third-order valence-corrected chi connectivity index (χ3v) is 3.38. The van der Waals surface area contributed by atoms with Crippen LogP contribution in [0.4, 0.5) is 0 Å². The molecule has 0 saturated heterocycles. The van der Waals surface area contributed by atoms with Crippen molar-refractivity contribution in [3.63, 3.8) is 0 Å². The lowest BCUT2D eigenvalue weighted by atomic mass is 10.2. The molecule has 0 atom stereocenters. The van der Waals surface area contributed by atoms with E-state index in [2.05, 4.69) is 10.3 Å². The quantitative estimate of drug-likeness (QED) is 0.889. The maximum absolute atomic E-state index is 5.95. The van der Waals surface area contributed by atoms with Crippen LogP contribution in [0.5, 0.6) is 11.5 Å². The SMILES string of the molecule is CNCc1ccc(OC)cc1OCc1ncc(Cl)n1C.